The molecule has 0 saturated heterocycles. The first-order valence-electron chi connectivity index (χ1n) is 10.5. The predicted octanol–water partition coefficient (Wildman–Crippen LogP) is 5.38. The van der Waals surface area contributed by atoms with Gasteiger partial charge in [0.2, 0.25) is 0 Å². The number of ether oxygens (including phenoxy) is 1. The molecule has 1 atom stereocenters. The van der Waals surface area contributed by atoms with Gasteiger partial charge in [0.25, 0.3) is 0 Å². The van der Waals surface area contributed by atoms with Gasteiger partial charge in [-0.05, 0) is 30.0 Å². The molecule has 0 unspecified atom stereocenters. The van der Waals surface area contributed by atoms with Crippen molar-refractivity contribution in [3.63, 3.8) is 0 Å². The average molecular weight is 400 g/mol. The van der Waals surface area contributed by atoms with Gasteiger partial charge >= 0.3 is 5.97 Å². The highest BCUT2D eigenvalue weighted by molar-refractivity contribution is 5.76. The summed E-state index contributed by atoms with van der Waals surface area (Å²) in [5.41, 5.74) is 3.45. The number of esters is 1. The van der Waals surface area contributed by atoms with E-state index < -0.39 is 0 Å². The highest BCUT2D eigenvalue weighted by atomic mass is 16.5. The molecule has 0 heterocycles. The van der Waals surface area contributed by atoms with Gasteiger partial charge in [0.1, 0.15) is 6.04 Å². The molecule has 3 rings (SSSR count). The first kappa shape index (κ1) is 21.5. The van der Waals surface area contributed by atoms with Gasteiger partial charge in [0.15, 0.2) is 0 Å². The second-order valence-corrected chi connectivity index (χ2v) is 7.19. The normalized spacial score (nSPS) is 12.2. The van der Waals surface area contributed by atoms with E-state index in [1.807, 2.05) is 61.5 Å². The van der Waals surface area contributed by atoms with E-state index in [1.165, 1.54) is 5.56 Å². The Balaban J connectivity index is 1.84. The zero-order valence-corrected chi connectivity index (χ0v) is 17.5. The number of carbonyl (C=O) groups is 1. The lowest BCUT2D eigenvalue weighted by Gasteiger charge is -2.29. The van der Waals surface area contributed by atoms with Crippen LogP contribution in [-0.2, 0) is 22.5 Å². The van der Waals surface area contributed by atoms with Crippen molar-refractivity contribution in [2.45, 2.75) is 25.9 Å². The maximum atomic E-state index is 12.9. The van der Waals surface area contributed by atoms with Crippen LogP contribution in [0.1, 0.15) is 23.6 Å². The largest absolute Gasteiger partial charge is 0.465 e. The Morgan fingerprint density at radius 1 is 0.867 bits per heavy atom. The maximum Gasteiger partial charge on any atom is 0.323 e. The summed E-state index contributed by atoms with van der Waals surface area (Å²) in [6, 6.07) is 30.3. The van der Waals surface area contributed by atoms with Gasteiger partial charge in [-0.3, -0.25) is 9.69 Å². The SMILES string of the molecule is CCOC(=O)[C@H](Cc1ccccc1)N(CC=Cc1ccccc1)Cc1ccccc1. The van der Waals surface area contributed by atoms with E-state index in [0.717, 1.165) is 11.1 Å². The molecule has 30 heavy (non-hydrogen) atoms. The molecule has 0 aliphatic heterocycles. The van der Waals surface area contributed by atoms with Crippen LogP contribution in [0.2, 0.25) is 0 Å². The number of rotatable bonds is 10. The molecule has 0 aliphatic carbocycles. The van der Waals surface area contributed by atoms with Crippen LogP contribution in [0.5, 0.6) is 0 Å². The lowest BCUT2D eigenvalue weighted by Crippen LogP contribution is -2.43. The second-order valence-electron chi connectivity index (χ2n) is 7.19. The monoisotopic (exact) mass is 399 g/mol. The molecular formula is C27H29NO2. The van der Waals surface area contributed by atoms with E-state index in [-0.39, 0.29) is 12.0 Å². The van der Waals surface area contributed by atoms with Crippen LogP contribution >= 0.6 is 0 Å². The molecule has 0 N–H and O–H groups in total. The van der Waals surface area contributed by atoms with Crippen molar-refractivity contribution in [1.82, 2.24) is 4.90 Å². The van der Waals surface area contributed by atoms with Crippen molar-refractivity contribution in [3.8, 4) is 0 Å². The number of hydrogen-bond acceptors (Lipinski definition) is 3. The third kappa shape index (κ3) is 6.71. The zero-order chi connectivity index (χ0) is 21.0. The van der Waals surface area contributed by atoms with E-state index in [2.05, 4.69) is 53.5 Å². The first-order chi connectivity index (χ1) is 14.8. The maximum absolute atomic E-state index is 12.9. The van der Waals surface area contributed by atoms with E-state index in [9.17, 15) is 4.79 Å². The van der Waals surface area contributed by atoms with Crippen molar-refractivity contribution in [2.24, 2.45) is 0 Å². The summed E-state index contributed by atoms with van der Waals surface area (Å²) in [7, 11) is 0. The van der Waals surface area contributed by atoms with Crippen molar-refractivity contribution in [3.05, 3.63) is 114 Å². The molecule has 0 bridgehead atoms. The van der Waals surface area contributed by atoms with Gasteiger partial charge in [-0.25, -0.2) is 0 Å². The minimum absolute atomic E-state index is 0.176. The minimum atomic E-state index is -0.354. The molecule has 154 valence electrons. The third-order valence-electron chi connectivity index (χ3n) is 4.95. The molecule has 0 aliphatic rings. The molecule has 0 fully saturated rings. The quantitative estimate of drug-likeness (QED) is 0.429. The summed E-state index contributed by atoms with van der Waals surface area (Å²) in [6.07, 6.45) is 4.84. The van der Waals surface area contributed by atoms with Gasteiger partial charge in [0.05, 0.1) is 6.61 Å². The topological polar surface area (TPSA) is 29.5 Å². The highest BCUT2D eigenvalue weighted by Gasteiger charge is 2.27. The Kier molecular flexibility index (Phi) is 8.43. The van der Waals surface area contributed by atoms with Crippen LogP contribution in [0.4, 0.5) is 0 Å². The van der Waals surface area contributed by atoms with Gasteiger partial charge in [-0.2, -0.15) is 0 Å². The van der Waals surface area contributed by atoms with Crippen molar-refractivity contribution in [1.29, 1.82) is 0 Å². The molecule has 0 spiro atoms. The summed E-state index contributed by atoms with van der Waals surface area (Å²) in [4.78, 5) is 15.1. The van der Waals surface area contributed by atoms with Crippen LogP contribution in [0, 0.1) is 0 Å². The predicted molar refractivity (Wildman–Crippen MR) is 123 cm³/mol. The molecule has 0 aromatic heterocycles. The van der Waals surface area contributed by atoms with E-state index in [4.69, 9.17) is 4.74 Å². The lowest BCUT2D eigenvalue weighted by molar-refractivity contribution is -0.149. The molecular weight excluding hydrogens is 370 g/mol. The average Bonchev–Trinajstić information content (AvgIpc) is 2.79. The smallest absolute Gasteiger partial charge is 0.323 e. The lowest BCUT2D eigenvalue weighted by atomic mass is 10.0. The van der Waals surface area contributed by atoms with Crippen molar-refractivity contribution in [2.75, 3.05) is 13.2 Å². The fraction of sp³-hybridized carbons (Fsp3) is 0.222. The summed E-state index contributed by atoms with van der Waals surface area (Å²) in [5.74, 6) is -0.176. The Morgan fingerprint density at radius 3 is 2.03 bits per heavy atom. The minimum Gasteiger partial charge on any atom is -0.465 e. The zero-order valence-electron chi connectivity index (χ0n) is 17.5. The fourth-order valence-corrected chi connectivity index (χ4v) is 3.45. The Bertz CT molecular complexity index is 907. The third-order valence-corrected chi connectivity index (χ3v) is 4.95. The summed E-state index contributed by atoms with van der Waals surface area (Å²) in [6.45, 7) is 3.56. The summed E-state index contributed by atoms with van der Waals surface area (Å²) < 4.78 is 5.45. The number of nitrogens with zero attached hydrogens (tertiary/aromatic N) is 1. The van der Waals surface area contributed by atoms with E-state index in [0.29, 0.717) is 26.1 Å². The van der Waals surface area contributed by atoms with Crippen LogP contribution in [0.25, 0.3) is 6.08 Å². The molecule has 0 amide bonds. The van der Waals surface area contributed by atoms with Crippen LogP contribution < -0.4 is 0 Å². The Labute approximate surface area is 179 Å². The highest BCUT2D eigenvalue weighted by Crippen LogP contribution is 2.16. The fourth-order valence-electron chi connectivity index (χ4n) is 3.45. The number of benzene rings is 3. The van der Waals surface area contributed by atoms with Gasteiger partial charge in [-0.1, -0.05) is 103 Å². The van der Waals surface area contributed by atoms with E-state index >= 15 is 0 Å². The standard InChI is InChI=1S/C27H29NO2/c1-2-30-27(29)26(21-24-15-8-4-9-16-24)28(22-25-17-10-5-11-18-25)20-12-19-23-13-6-3-7-14-23/h3-19,26H,2,20-22H2,1H3/t26-/m0/s1. The molecule has 3 heteroatoms. The van der Waals surface area contributed by atoms with Gasteiger partial charge in [-0.15, -0.1) is 0 Å². The molecule has 3 nitrogen and oxygen atoms in total. The summed E-state index contributed by atoms with van der Waals surface area (Å²) in [5, 5.41) is 0. The second kappa shape index (κ2) is 11.7. The molecule has 3 aromatic carbocycles. The van der Waals surface area contributed by atoms with Gasteiger partial charge < -0.3 is 4.74 Å². The van der Waals surface area contributed by atoms with Crippen LogP contribution in [0.3, 0.4) is 0 Å². The Hall–Kier alpha value is -3.17. The number of hydrogen-bond donors (Lipinski definition) is 0. The Morgan fingerprint density at radius 2 is 1.43 bits per heavy atom. The van der Waals surface area contributed by atoms with E-state index in [1.54, 1.807) is 0 Å². The summed E-state index contributed by atoms with van der Waals surface area (Å²) >= 11 is 0. The molecule has 3 aromatic rings. The number of carbonyl (C=O) groups excluding carboxylic acids is 1. The van der Waals surface area contributed by atoms with Crippen LogP contribution in [-0.4, -0.2) is 30.1 Å². The van der Waals surface area contributed by atoms with Crippen molar-refractivity contribution >= 4 is 12.0 Å². The van der Waals surface area contributed by atoms with Gasteiger partial charge in [0, 0.05) is 13.1 Å². The van der Waals surface area contributed by atoms with Crippen molar-refractivity contribution < 1.29 is 9.53 Å². The van der Waals surface area contributed by atoms with Crippen LogP contribution in [0.15, 0.2) is 97.1 Å². The molecule has 0 radical (unpaired) electrons. The molecule has 0 saturated carbocycles. The first-order valence-corrected chi connectivity index (χ1v) is 10.5.